The van der Waals surface area contributed by atoms with Crippen LogP contribution in [-0.4, -0.2) is 24.9 Å². The summed E-state index contributed by atoms with van der Waals surface area (Å²) in [7, 11) is 3.36. The van der Waals surface area contributed by atoms with E-state index in [4.69, 9.17) is 19.6 Å². The van der Waals surface area contributed by atoms with E-state index in [1.54, 1.807) is 25.6 Å². The summed E-state index contributed by atoms with van der Waals surface area (Å²) in [5, 5.41) is 10.1. The second-order valence-corrected chi connectivity index (χ2v) is 9.72. The number of nitrogens with zero attached hydrogens (tertiary/aromatic N) is 3. The van der Waals surface area contributed by atoms with E-state index in [0.29, 0.717) is 0 Å². The van der Waals surface area contributed by atoms with Crippen molar-refractivity contribution < 1.29 is 9.47 Å². The molecule has 0 unspecified atom stereocenters. The van der Waals surface area contributed by atoms with Crippen molar-refractivity contribution in [3.63, 3.8) is 0 Å². The van der Waals surface area contributed by atoms with Crippen LogP contribution in [0.25, 0.3) is 11.3 Å². The molecular formula is C26H22IN3O2S. The molecule has 2 heterocycles. The Labute approximate surface area is 210 Å². The smallest absolute Gasteiger partial charge is 0.207 e. The van der Waals surface area contributed by atoms with Gasteiger partial charge >= 0.3 is 0 Å². The number of ether oxygens (including phenoxy) is 2. The Hall–Kier alpha value is -2.91. The molecule has 166 valence electrons. The highest BCUT2D eigenvalue weighted by molar-refractivity contribution is 14.1. The largest absolute Gasteiger partial charge is 0.497 e. The van der Waals surface area contributed by atoms with Gasteiger partial charge in [0.2, 0.25) is 5.13 Å². The van der Waals surface area contributed by atoms with Crippen LogP contribution in [-0.2, 0) is 0 Å². The lowest BCUT2D eigenvalue weighted by atomic mass is 9.98. The van der Waals surface area contributed by atoms with Crippen LogP contribution in [0, 0.1) is 3.57 Å². The second-order valence-electron chi connectivity index (χ2n) is 7.64. The van der Waals surface area contributed by atoms with Gasteiger partial charge < -0.3 is 9.47 Å². The molecule has 1 aliphatic heterocycles. The lowest BCUT2D eigenvalue weighted by molar-refractivity contribution is 0.414. The first-order valence-corrected chi connectivity index (χ1v) is 12.5. The first-order valence-electron chi connectivity index (χ1n) is 10.5. The average Bonchev–Trinajstić information content (AvgIpc) is 3.52. The van der Waals surface area contributed by atoms with Crippen LogP contribution >= 0.6 is 33.9 Å². The van der Waals surface area contributed by atoms with E-state index in [1.807, 2.05) is 24.3 Å². The molecular weight excluding hydrogens is 545 g/mol. The monoisotopic (exact) mass is 567 g/mol. The summed E-state index contributed by atoms with van der Waals surface area (Å²) in [6.45, 7) is 0. The fourth-order valence-electron chi connectivity index (χ4n) is 3.85. The van der Waals surface area contributed by atoms with E-state index in [9.17, 15) is 0 Å². The third-order valence-corrected chi connectivity index (χ3v) is 7.21. The van der Waals surface area contributed by atoms with Gasteiger partial charge in [-0.05, 0) is 82.2 Å². The van der Waals surface area contributed by atoms with Gasteiger partial charge in [-0.2, -0.15) is 5.10 Å². The molecule has 0 fully saturated rings. The molecule has 5 rings (SSSR count). The Kier molecular flexibility index (Phi) is 6.32. The number of rotatable bonds is 6. The summed E-state index contributed by atoms with van der Waals surface area (Å²) >= 11 is 3.93. The van der Waals surface area contributed by atoms with Gasteiger partial charge in [0.05, 0.1) is 31.7 Å². The Morgan fingerprint density at radius 3 is 2.09 bits per heavy atom. The first kappa shape index (κ1) is 21.9. The summed E-state index contributed by atoms with van der Waals surface area (Å²) in [6, 6.07) is 24.8. The van der Waals surface area contributed by atoms with Crippen molar-refractivity contribution >= 4 is 44.8 Å². The second kappa shape index (κ2) is 9.52. The number of aromatic nitrogens is 1. The third-order valence-electron chi connectivity index (χ3n) is 5.66. The Bertz CT molecular complexity index is 1270. The minimum Gasteiger partial charge on any atom is -0.497 e. The van der Waals surface area contributed by atoms with Gasteiger partial charge in [-0.25, -0.2) is 9.99 Å². The van der Waals surface area contributed by atoms with E-state index in [2.05, 4.69) is 81.5 Å². The number of thiazole rings is 1. The minimum atomic E-state index is 0.0590. The summed E-state index contributed by atoms with van der Waals surface area (Å²) < 4.78 is 11.9. The molecule has 0 bridgehead atoms. The summed E-state index contributed by atoms with van der Waals surface area (Å²) in [4.78, 5) is 4.95. The standard InChI is InChI=1S/C26H22IN3O2S/c1-31-21-11-5-17(6-12-21)23-15-25(19-7-13-22(32-2)14-8-19)30(29-23)26-28-24(16-33-26)18-3-9-20(27)10-4-18/h3-14,16,25H,15H2,1-2H3/t25-/m0/s1. The zero-order valence-electron chi connectivity index (χ0n) is 18.2. The summed E-state index contributed by atoms with van der Waals surface area (Å²) in [5.74, 6) is 1.68. The lowest BCUT2D eigenvalue weighted by Gasteiger charge is -2.21. The quantitative estimate of drug-likeness (QED) is 0.241. The molecule has 0 amide bonds. The highest BCUT2D eigenvalue weighted by Crippen LogP contribution is 2.40. The Morgan fingerprint density at radius 1 is 0.848 bits per heavy atom. The van der Waals surface area contributed by atoms with Gasteiger partial charge in [-0.1, -0.05) is 24.3 Å². The number of hydrogen-bond acceptors (Lipinski definition) is 6. The van der Waals surface area contributed by atoms with Gasteiger partial charge in [-0.3, -0.25) is 0 Å². The Morgan fingerprint density at radius 2 is 1.45 bits per heavy atom. The van der Waals surface area contributed by atoms with Crippen molar-refractivity contribution in [1.82, 2.24) is 4.98 Å². The summed E-state index contributed by atoms with van der Waals surface area (Å²) in [6.07, 6.45) is 0.789. The van der Waals surface area contributed by atoms with Crippen LogP contribution in [0.5, 0.6) is 11.5 Å². The number of benzene rings is 3. The SMILES string of the molecule is COc1ccc(C2=NN(c3nc(-c4ccc(I)cc4)cs3)[C@H](c3ccc(OC)cc3)C2)cc1. The zero-order chi connectivity index (χ0) is 22.8. The van der Waals surface area contributed by atoms with E-state index in [0.717, 1.165) is 45.6 Å². The van der Waals surface area contributed by atoms with Crippen LogP contribution in [0.15, 0.2) is 83.3 Å². The maximum Gasteiger partial charge on any atom is 0.207 e. The van der Waals surface area contributed by atoms with Gasteiger partial charge in [0.25, 0.3) is 0 Å². The van der Waals surface area contributed by atoms with Gasteiger partial charge in [0, 0.05) is 20.9 Å². The third kappa shape index (κ3) is 4.60. The normalized spacial score (nSPS) is 15.4. The number of hydrazone groups is 1. The molecule has 5 nitrogen and oxygen atoms in total. The van der Waals surface area contributed by atoms with Gasteiger partial charge in [0.15, 0.2) is 0 Å². The van der Waals surface area contributed by atoms with Crippen molar-refractivity contribution in [2.24, 2.45) is 5.10 Å². The molecule has 3 aromatic carbocycles. The van der Waals surface area contributed by atoms with Crippen LogP contribution in [0.3, 0.4) is 0 Å². The predicted octanol–water partition coefficient (Wildman–Crippen LogP) is 6.79. The molecule has 33 heavy (non-hydrogen) atoms. The van der Waals surface area contributed by atoms with Crippen LogP contribution in [0.1, 0.15) is 23.6 Å². The van der Waals surface area contributed by atoms with E-state index < -0.39 is 0 Å². The zero-order valence-corrected chi connectivity index (χ0v) is 21.2. The average molecular weight is 567 g/mol. The maximum atomic E-state index is 5.35. The maximum absolute atomic E-state index is 5.35. The molecule has 0 radical (unpaired) electrons. The minimum absolute atomic E-state index is 0.0590. The molecule has 0 saturated carbocycles. The fourth-order valence-corrected chi connectivity index (χ4v) is 5.05. The lowest BCUT2D eigenvalue weighted by Crippen LogP contribution is -2.18. The number of anilines is 1. The van der Waals surface area contributed by atoms with Gasteiger partial charge in [0.1, 0.15) is 11.5 Å². The molecule has 0 spiro atoms. The topological polar surface area (TPSA) is 47.0 Å². The molecule has 4 aromatic rings. The number of halogens is 1. The molecule has 0 aliphatic carbocycles. The Balaban J connectivity index is 1.51. The van der Waals surface area contributed by atoms with Gasteiger partial charge in [-0.15, -0.1) is 11.3 Å². The predicted molar refractivity (Wildman–Crippen MR) is 143 cm³/mol. The van der Waals surface area contributed by atoms with E-state index in [-0.39, 0.29) is 6.04 Å². The van der Waals surface area contributed by atoms with E-state index in [1.165, 1.54) is 9.13 Å². The van der Waals surface area contributed by atoms with E-state index >= 15 is 0 Å². The molecule has 1 atom stereocenters. The first-order chi connectivity index (χ1) is 16.1. The number of hydrogen-bond donors (Lipinski definition) is 0. The van der Waals surface area contributed by atoms with Crippen molar-refractivity contribution in [3.8, 4) is 22.8 Å². The van der Waals surface area contributed by atoms with Crippen molar-refractivity contribution in [2.45, 2.75) is 12.5 Å². The summed E-state index contributed by atoms with van der Waals surface area (Å²) in [5.41, 5.74) is 5.37. The molecule has 1 aromatic heterocycles. The molecule has 0 saturated heterocycles. The highest BCUT2D eigenvalue weighted by Gasteiger charge is 2.31. The van der Waals surface area contributed by atoms with Crippen LogP contribution in [0.4, 0.5) is 5.13 Å². The highest BCUT2D eigenvalue weighted by atomic mass is 127. The molecule has 1 aliphatic rings. The van der Waals surface area contributed by atoms with Crippen molar-refractivity contribution in [2.75, 3.05) is 19.2 Å². The fraction of sp³-hybridized carbons (Fsp3) is 0.154. The number of methoxy groups -OCH3 is 2. The molecule has 7 heteroatoms. The van der Waals surface area contributed by atoms with Crippen LogP contribution in [0.2, 0.25) is 0 Å². The molecule has 0 N–H and O–H groups in total. The van der Waals surface area contributed by atoms with Crippen molar-refractivity contribution in [1.29, 1.82) is 0 Å². The van der Waals surface area contributed by atoms with Crippen molar-refractivity contribution in [3.05, 3.63) is 92.9 Å². The van der Waals surface area contributed by atoms with Crippen LogP contribution < -0.4 is 14.5 Å².